The monoisotopic (exact) mass is 252 g/mol. The second kappa shape index (κ2) is 4.15. The number of guanidine groups is 2. The molecule has 2 rings (SSSR count). The van der Waals surface area contributed by atoms with E-state index >= 15 is 0 Å². The first-order valence-electron chi connectivity index (χ1n) is 5.05. The van der Waals surface area contributed by atoms with Crippen molar-refractivity contribution < 1.29 is 9.13 Å². The van der Waals surface area contributed by atoms with Crippen LogP contribution in [0.2, 0.25) is 0 Å². The fourth-order valence-corrected chi connectivity index (χ4v) is 1.60. The fraction of sp³-hybridized carbons (Fsp3) is 0.200. The van der Waals surface area contributed by atoms with Gasteiger partial charge in [-0.1, -0.05) is 6.07 Å². The molecule has 1 aliphatic rings. The average Bonchev–Trinajstić information content (AvgIpc) is 2.27. The third-order valence-electron chi connectivity index (χ3n) is 2.41. The van der Waals surface area contributed by atoms with Crippen LogP contribution < -0.4 is 27.3 Å². The van der Waals surface area contributed by atoms with Crippen LogP contribution in [0.5, 0.6) is 5.75 Å². The van der Waals surface area contributed by atoms with Gasteiger partial charge in [0, 0.05) is 5.56 Å². The molecule has 0 saturated heterocycles. The minimum atomic E-state index is -1.49. The maximum Gasteiger partial charge on any atom is 0.236 e. The highest BCUT2D eigenvalue weighted by atomic mass is 19.1. The number of ether oxygens (including phenoxy) is 1. The molecule has 8 heteroatoms. The Morgan fingerprint density at radius 1 is 1.28 bits per heavy atom. The van der Waals surface area contributed by atoms with E-state index in [1.54, 1.807) is 0 Å². The molecule has 0 aromatic heterocycles. The third-order valence-corrected chi connectivity index (χ3v) is 2.41. The van der Waals surface area contributed by atoms with E-state index in [1.165, 1.54) is 25.3 Å². The van der Waals surface area contributed by atoms with Crippen molar-refractivity contribution in [3.05, 3.63) is 29.6 Å². The van der Waals surface area contributed by atoms with Crippen molar-refractivity contribution >= 4 is 11.9 Å². The van der Waals surface area contributed by atoms with E-state index in [4.69, 9.17) is 21.9 Å². The average molecular weight is 252 g/mol. The number of nitrogens with one attached hydrogen (secondary N) is 1. The van der Waals surface area contributed by atoms with Crippen LogP contribution in [0.1, 0.15) is 5.56 Å². The van der Waals surface area contributed by atoms with Gasteiger partial charge in [0.2, 0.25) is 5.79 Å². The first kappa shape index (κ1) is 12.1. The Morgan fingerprint density at radius 2 is 1.89 bits per heavy atom. The summed E-state index contributed by atoms with van der Waals surface area (Å²) in [5.74, 6) is -1.88. The van der Waals surface area contributed by atoms with Crippen LogP contribution in [-0.2, 0) is 5.79 Å². The third kappa shape index (κ3) is 2.05. The zero-order valence-corrected chi connectivity index (χ0v) is 9.64. The minimum absolute atomic E-state index is 0.0355. The van der Waals surface area contributed by atoms with E-state index in [0.717, 1.165) is 0 Å². The Balaban J connectivity index is 2.50. The van der Waals surface area contributed by atoms with Crippen molar-refractivity contribution in [3.8, 4) is 5.75 Å². The van der Waals surface area contributed by atoms with Crippen molar-refractivity contribution in [2.75, 3.05) is 7.11 Å². The Morgan fingerprint density at radius 3 is 2.44 bits per heavy atom. The zero-order valence-electron chi connectivity index (χ0n) is 9.64. The molecule has 0 amide bonds. The molecule has 1 heterocycles. The number of hydrogen-bond donors (Lipinski definition) is 4. The zero-order chi connectivity index (χ0) is 13.3. The van der Waals surface area contributed by atoms with Crippen LogP contribution in [0.15, 0.2) is 28.2 Å². The van der Waals surface area contributed by atoms with Gasteiger partial charge in [0.15, 0.2) is 23.5 Å². The van der Waals surface area contributed by atoms with Gasteiger partial charge in [-0.05, 0) is 12.1 Å². The molecule has 0 bridgehead atoms. The number of benzene rings is 1. The summed E-state index contributed by atoms with van der Waals surface area (Å²) in [5.41, 5.74) is 17.5. The normalized spacial score (nSPS) is 17.5. The molecule has 0 fully saturated rings. The number of hydrogen-bond acceptors (Lipinski definition) is 7. The standard InChI is InChI=1S/C10H13FN6O/c1-18-7-4-5(2-3-6(7)11)10(14)16-8(12)15-9(13)17-10/h2-4H,14H2,1H3,(H5,12,13,15,16,17). The Hall–Kier alpha value is -2.35. The Kier molecular flexibility index (Phi) is 2.79. The maximum atomic E-state index is 13.3. The van der Waals surface area contributed by atoms with Crippen LogP contribution >= 0.6 is 0 Å². The molecule has 0 spiro atoms. The van der Waals surface area contributed by atoms with Crippen LogP contribution in [0.3, 0.4) is 0 Å². The van der Waals surface area contributed by atoms with Crippen molar-refractivity contribution in [2.24, 2.45) is 27.2 Å². The van der Waals surface area contributed by atoms with Crippen molar-refractivity contribution in [1.82, 2.24) is 5.32 Å². The van der Waals surface area contributed by atoms with Gasteiger partial charge >= 0.3 is 0 Å². The van der Waals surface area contributed by atoms with E-state index in [0.29, 0.717) is 5.56 Å². The highest BCUT2D eigenvalue weighted by Crippen LogP contribution is 2.28. The highest BCUT2D eigenvalue weighted by molar-refractivity contribution is 5.98. The maximum absolute atomic E-state index is 13.3. The fourth-order valence-electron chi connectivity index (χ4n) is 1.60. The molecule has 0 unspecified atom stereocenters. The van der Waals surface area contributed by atoms with Gasteiger partial charge in [0.1, 0.15) is 0 Å². The molecule has 0 radical (unpaired) electrons. The molecule has 1 aromatic rings. The van der Waals surface area contributed by atoms with Gasteiger partial charge in [-0.15, -0.1) is 0 Å². The van der Waals surface area contributed by atoms with Gasteiger partial charge in [-0.3, -0.25) is 11.1 Å². The molecule has 0 atom stereocenters. The van der Waals surface area contributed by atoms with Crippen LogP contribution in [0.25, 0.3) is 0 Å². The number of halogens is 1. The van der Waals surface area contributed by atoms with Crippen molar-refractivity contribution in [3.63, 3.8) is 0 Å². The predicted molar refractivity (Wildman–Crippen MR) is 65.2 cm³/mol. The molecule has 1 aromatic carbocycles. The van der Waals surface area contributed by atoms with Crippen LogP contribution in [0.4, 0.5) is 4.39 Å². The second-order valence-corrected chi connectivity index (χ2v) is 3.69. The van der Waals surface area contributed by atoms with E-state index < -0.39 is 11.6 Å². The van der Waals surface area contributed by atoms with Gasteiger partial charge in [0.05, 0.1) is 7.11 Å². The molecule has 18 heavy (non-hydrogen) atoms. The molecule has 1 aliphatic heterocycles. The summed E-state index contributed by atoms with van der Waals surface area (Å²) in [7, 11) is 1.35. The number of aliphatic imine (C=N–C) groups is 2. The molecule has 0 aliphatic carbocycles. The summed E-state index contributed by atoms with van der Waals surface area (Å²) in [6, 6.07) is 4.05. The lowest BCUT2D eigenvalue weighted by Crippen LogP contribution is -2.51. The first-order chi connectivity index (χ1) is 8.44. The Labute approximate surface area is 103 Å². The topological polar surface area (TPSA) is 124 Å². The van der Waals surface area contributed by atoms with Crippen molar-refractivity contribution in [2.45, 2.75) is 5.79 Å². The molecular formula is C10H13FN6O. The van der Waals surface area contributed by atoms with Crippen LogP contribution in [0, 0.1) is 5.82 Å². The minimum Gasteiger partial charge on any atom is -0.494 e. The van der Waals surface area contributed by atoms with Gasteiger partial charge < -0.3 is 16.2 Å². The first-order valence-corrected chi connectivity index (χ1v) is 5.05. The lowest BCUT2D eigenvalue weighted by atomic mass is 10.1. The largest absolute Gasteiger partial charge is 0.494 e. The summed E-state index contributed by atoms with van der Waals surface area (Å²) in [5, 5.41) is 2.51. The summed E-state index contributed by atoms with van der Waals surface area (Å²) < 4.78 is 18.2. The van der Waals surface area contributed by atoms with Gasteiger partial charge in [0.25, 0.3) is 0 Å². The quantitative estimate of drug-likeness (QED) is 0.545. The molecule has 7 N–H and O–H groups in total. The SMILES string of the molecule is COc1cc(C2(N)N=C(N)NC(N)=N2)ccc1F. The smallest absolute Gasteiger partial charge is 0.236 e. The van der Waals surface area contributed by atoms with E-state index in [2.05, 4.69) is 15.3 Å². The predicted octanol–water partition coefficient (Wildman–Crippen LogP) is -0.864. The second-order valence-electron chi connectivity index (χ2n) is 3.69. The lowest BCUT2D eigenvalue weighted by molar-refractivity contribution is 0.382. The molecular weight excluding hydrogens is 239 g/mol. The highest BCUT2D eigenvalue weighted by Gasteiger charge is 2.30. The van der Waals surface area contributed by atoms with Gasteiger partial charge in [-0.25, -0.2) is 14.4 Å². The van der Waals surface area contributed by atoms with E-state index in [9.17, 15) is 4.39 Å². The summed E-state index contributed by atoms with van der Waals surface area (Å²) in [6.07, 6.45) is 0. The van der Waals surface area contributed by atoms with Gasteiger partial charge in [-0.2, -0.15) is 0 Å². The number of nitrogens with zero attached hydrogens (tertiary/aromatic N) is 2. The summed E-state index contributed by atoms with van der Waals surface area (Å²) in [6.45, 7) is 0. The summed E-state index contributed by atoms with van der Waals surface area (Å²) in [4.78, 5) is 7.91. The number of nitrogens with two attached hydrogens (primary N) is 3. The number of rotatable bonds is 2. The van der Waals surface area contributed by atoms with E-state index in [-0.39, 0.29) is 17.7 Å². The molecule has 7 nitrogen and oxygen atoms in total. The molecule has 96 valence electrons. The van der Waals surface area contributed by atoms with Crippen molar-refractivity contribution in [1.29, 1.82) is 0 Å². The number of methoxy groups -OCH3 is 1. The molecule has 0 saturated carbocycles. The van der Waals surface area contributed by atoms with E-state index in [1.807, 2.05) is 0 Å². The Bertz CT molecular complexity index is 523. The lowest BCUT2D eigenvalue weighted by Gasteiger charge is -2.26. The summed E-state index contributed by atoms with van der Waals surface area (Å²) >= 11 is 0. The van der Waals surface area contributed by atoms with Crippen LogP contribution in [-0.4, -0.2) is 19.0 Å².